The van der Waals surface area contributed by atoms with E-state index in [4.69, 9.17) is 19.5 Å². The van der Waals surface area contributed by atoms with Crippen LogP contribution in [0.3, 0.4) is 0 Å². The van der Waals surface area contributed by atoms with Crippen molar-refractivity contribution in [1.29, 1.82) is 0 Å². The normalized spacial score (nSPS) is 24.9. The van der Waals surface area contributed by atoms with Crippen molar-refractivity contribution in [1.82, 2.24) is 29.7 Å². The minimum atomic E-state index is -0.612. The fourth-order valence-electron chi connectivity index (χ4n) is 7.05. The number of rotatable bonds is 9. The predicted molar refractivity (Wildman–Crippen MR) is 157 cm³/mol. The quantitative estimate of drug-likeness (QED) is 0.333. The first-order valence-corrected chi connectivity index (χ1v) is 15.7. The van der Waals surface area contributed by atoms with Crippen molar-refractivity contribution in [2.45, 2.75) is 117 Å². The van der Waals surface area contributed by atoms with E-state index in [1.165, 1.54) is 64.2 Å². The van der Waals surface area contributed by atoms with Crippen molar-refractivity contribution in [3.8, 4) is 11.6 Å². The Labute approximate surface area is 236 Å². The number of hydrogen-bond acceptors (Lipinski definition) is 8. The highest BCUT2D eigenvalue weighted by Crippen LogP contribution is 2.38. The van der Waals surface area contributed by atoms with Crippen LogP contribution in [0.1, 0.15) is 98.3 Å². The summed E-state index contributed by atoms with van der Waals surface area (Å²) in [5, 5.41) is 7.67. The number of nitrogens with zero attached hydrogens (tertiary/aromatic N) is 6. The average molecular weight is 551 g/mol. The van der Waals surface area contributed by atoms with Crippen molar-refractivity contribution in [3.63, 3.8) is 0 Å². The van der Waals surface area contributed by atoms with E-state index in [0.29, 0.717) is 35.3 Å². The largest absolute Gasteiger partial charge is 0.439 e. The van der Waals surface area contributed by atoms with E-state index in [2.05, 4.69) is 52.6 Å². The molecule has 0 bridgehead atoms. The third-order valence-electron chi connectivity index (χ3n) is 9.66. The molecule has 4 heterocycles. The van der Waals surface area contributed by atoms with Gasteiger partial charge in [0.05, 0.1) is 0 Å². The van der Waals surface area contributed by atoms with E-state index in [-0.39, 0.29) is 11.9 Å². The molecule has 0 spiro atoms. The fourth-order valence-corrected chi connectivity index (χ4v) is 7.05. The first-order chi connectivity index (χ1) is 19.4. The van der Waals surface area contributed by atoms with Gasteiger partial charge in [-0.2, -0.15) is 4.98 Å². The van der Waals surface area contributed by atoms with E-state index in [0.717, 1.165) is 42.7 Å². The topological polar surface area (TPSA) is 118 Å². The number of fused-ring (bicyclic) bond motifs is 1. The number of imidazole rings is 1. The Morgan fingerprint density at radius 1 is 1.00 bits per heavy atom. The molecule has 2 saturated carbocycles. The second-order valence-corrected chi connectivity index (χ2v) is 13.3. The molecule has 0 radical (unpaired) electrons. The maximum Gasteiger partial charge on any atom is 0.439 e. The summed E-state index contributed by atoms with van der Waals surface area (Å²) in [6, 6.07) is 0.752. The Kier molecular flexibility index (Phi) is 7.86. The van der Waals surface area contributed by atoms with Gasteiger partial charge in [-0.3, -0.25) is 9.51 Å². The predicted octanol–water partition coefficient (Wildman–Crippen LogP) is 6.00. The van der Waals surface area contributed by atoms with Crippen molar-refractivity contribution < 1.29 is 4.52 Å². The summed E-state index contributed by atoms with van der Waals surface area (Å²) in [5.74, 6) is 4.45. The lowest BCUT2D eigenvalue weighted by molar-refractivity contribution is 0.265. The van der Waals surface area contributed by atoms with Crippen molar-refractivity contribution in [2.24, 2.45) is 23.7 Å². The van der Waals surface area contributed by atoms with Crippen LogP contribution in [0, 0.1) is 23.7 Å². The van der Waals surface area contributed by atoms with Gasteiger partial charge in [0.1, 0.15) is 5.52 Å². The Hall–Kier alpha value is -2.91. The standard InChI is InChI=1S/C30H46N8O2/c1-18(2)16-23-10-5-6-15-37(23)29-34-26-24(38(29)17-21-13-11-19(3)12-14-21)25(31-20(4)22-8-7-9-22)32-27(33-26)28-35-30(39)40-36-28/h18-23H,5-17H2,1-4H3,(H,31,32,33)(H,35,36,39)/t19?,20-,21?,23-/m1/s1. The summed E-state index contributed by atoms with van der Waals surface area (Å²) in [6.07, 6.45) is 13.6. The number of H-pyrrole nitrogens is 1. The highest BCUT2D eigenvalue weighted by Gasteiger charge is 2.32. The molecule has 1 saturated heterocycles. The van der Waals surface area contributed by atoms with Gasteiger partial charge < -0.3 is 14.8 Å². The minimum Gasteiger partial charge on any atom is -0.365 e. The lowest BCUT2D eigenvalue weighted by atomic mass is 9.80. The van der Waals surface area contributed by atoms with Crippen LogP contribution in [0.15, 0.2) is 9.32 Å². The van der Waals surface area contributed by atoms with Gasteiger partial charge in [0, 0.05) is 25.2 Å². The number of hydrogen-bond donors (Lipinski definition) is 2. The molecule has 40 heavy (non-hydrogen) atoms. The average Bonchev–Trinajstić information content (AvgIpc) is 3.48. The molecular weight excluding hydrogens is 504 g/mol. The van der Waals surface area contributed by atoms with Gasteiger partial charge in [-0.25, -0.2) is 14.8 Å². The van der Waals surface area contributed by atoms with Crippen molar-refractivity contribution in [3.05, 3.63) is 10.6 Å². The van der Waals surface area contributed by atoms with E-state index in [1.807, 2.05) is 0 Å². The Morgan fingerprint density at radius 3 is 2.48 bits per heavy atom. The molecule has 0 unspecified atom stereocenters. The van der Waals surface area contributed by atoms with E-state index >= 15 is 0 Å². The van der Waals surface area contributed by atoms with Gasteiger partial charge >= 0.3 is 5.76 Å². The molecule has 3 aromatic heterocycles. The molecule has 2 atom stereocenters. The van der Waals surface area contributed by atoms with E-state index in [9.17, 15) is 4.79 Å². The fraction of sp³-hybridized carbons (Fsp3) is 0.767. The highest BCUT2D eigenvalue weighted by molar-refractivity contribution is 5.87. The number of nitrogens with one attached hydrogen (secondary N) is 2. The van der Waals surface area contributed by atoms with Gasteiger partial charge in [-0.1, -0.05) is 45.2 Å². The van der Waals surface area contributed by atoms with Crippen LogP contribution in [-0.2, 0) is 6.54 Å². The molecule has 3 fully saturated rings. The summed E-state index contributed by atoms with van der Waals surface area (Å²) in [4.78, 5) is 32.1. The Balaban J connectivity index is 1.48. The van der Waals surface area contributed by atoms with Crippen LogP contribution in [-0.4, -0.2) is 48.3 Å². The van der Waals surface area contributed by atoms with E-state index in [1.54, 1.807) is 0 Å². The van der Waals surface area contributed by atoms with Gasteiger partial charge in [-0.05, 0) is 82.0 Å². The van der Waals surface area contributed by atoms with Crippen molar-refractivity contribution in [2.75, 3.05) is 16.8 Å². The second kappa shape index (κ2) is 11.5. The van der Waals surface area contributed by atoms with Crippen LogP contribution >= 0.6 is 0 Å². The molecular formula is C30H46N8O2. The third kappa shape index (κ3) is 5.63. The van der Waals surface area contributed by atoms with Crippen LogP contribution < -0.4 is 16.0 Å². The SMILES string of the molecule is CC(C)C[C@H]1CCCCN1c1nc2nc(-c3noc(=O)[nH]3)nc(N[C@H](C)C3CCC3)c2n1CC1CCC(C)CC1. The Morgan fingerprint density at radius 2 is 1.80 bits per heavy atom. The molecule has 0 aromatic carbocycles. The zero-order valence-electron chi connectivity index (χ0n) is 24.7. The molecule has 2 aliphatic carbocycles. The van der Waals surface area contributed by atoms with Crippen molar-refractivity contribution >= 4 is 22.9 Å². The van der Waals surface area contributed by atoms with E-state index < -0.39 is 5.76 Å². The zero-order chi connectivity index (χ0) is 27.8. The highest BCUT2D eigenvalue weighted by atomic mass is 16.5. The smallest absolute Gasteiger partial charge is 0.365 e. The van der Waals surface area contributed by atoms with Gasteiger partial charge in [0.2, 0.25) is 17.6 Å². The van der Waals surface area contributed by atoms with Crippen LogP contribution in [0.5, 0.6) is 0 Å². The minimum absolute atomic E-state index is 0.235. The lowest BCUT2D eigenvalue weighted by Crippen LogP contribution is -2.42. The maximum atomic E-state index is 11.8. The molecule has 3 aliphatic rings. The first kappa shape index (κ1) is 27.3. The molecule has 10 heteroatoms. The first-order valence-electron chi connectivity index (χ1n) is 15.7. The van der Waals surface area contributed by atoms with Crippen LogP contribution in [0.2, 0.25) is 0 Å². The van der Waals surface area contributed by atoms with Crippen LogP contribution in [0.4, 0.5) is 11.8 Å². The number of anilines is 2. The summed E-state index contributed by atoms with van der Waals surface area (Å²) < 4.78 is 7.25. The van der Waals surface area contributed by atoms with Gasteiger partial charge in [0.25, 0.3) is 0 Å². The molecule has 1 aliphatic heterocycles. The third-order valence-corrected chi connectivity index (χ3v) is 9.66. The van der Waals surface area contributed by atoms with Crippen LogP contribution in [0.25, 0.3) is 22.8 Å². The monoisotopic (exact) mass is 550 g/mol. The lowest BCUT2D eigenvalue weighted by Gasteiger charge is -2.38. The van der Waals surface area contributed by atoms with Gasteiger partial charge in [-0.15, -0.1) is 0 Å². The number of aromatic nitrogens is 6. The summed E-state index contributed by atoms with van der Waals surface area (Å²) >= 11 is 0. The molecule has 218 valence electrons. The molecule has 2 N–H and O–H groups in total. The second-order valence-electron chi connectivity index (χ2n) is 13.3. The van der Waals surface area contributed by atoms with Gasteiger partial charge in [0.15, 0.2) is 11.5 Å². The summed E-state index contributed by atoms with van der Waals surface area (Å²) in [7, 11) is 0. The molecule has 3 aromatic rings. The molecule has 6 rings (SSSR count). The number of piperidine rings is 1. The zero-order valence-corrected chi connectivity index (χ0v) is 24.7. The molecule has 0 amide bonds. The number of aromatic amines is 1. The summed E-state index contributed by atoms with van der Waals surface area (Å²) in [6.45, 7) is 11.2. The maximum absolute atomic E-state index is 11.8. The molecule has 10 nitrogen and oxygen atoms in total. The summed E-state index contributed by atoms with van der Waals surface area (Å²) in [5.41, 5.74) is 1.63. The Bertz CT molecular complexity index is 1350.